The minimum atomic E-state index is -0.436. The fraction of sp³-hybridized carbons (Fsp3) is 0.316. The number of tetrazole rings is 1. The van der Waals surface area contributed by atoms with Crippen LogP contribution in [0.2, 0.25) is 0 Å². The van der Waals surface area contributed by atoms with E-state index in [0.717, 1.165) is 33.4 Å². The van der Waals surface area contributed by atoms with Gasteiger partial charge in [0, 0.05) is 16.0 Å². The first-order chi connectivity index (χ1) is 13.0. The van der Waals surface area contributed by atoms with E-state index in [0.29, 0.717) is 24.2 Å². The number of aromatic nitrogens is 4. The maximum absolute atomic E-state index is 14.4. The van der Waals surface area contributed by atoms with Gasteiger partial charge in [0.25, 0.3) is 0 Å². The van der Waals surface area contributed by atoms with Gasteiger partial charge in [-0.3, -0.25) is 0 Å². The van der Waals surface area contributed by atoms with Crippen molar-refractivity contribution in [1.82, 2.24) is 20.2 Å². The Morgan fingerprint density at radius 3 is 2.63 bits per heavy atom. The number of rotatable bonds is 3. The zero-order chi connectivity index (χ0) is 19.1. The number of nitrogens with zero attached hydrogens (tertiary/aromatic N) is 7. The van der Waals surface area contributed by atoms with Crippen LogP contribution in [0.25, 0.3) is 33.0 Å². The molecular formula is C19H18FN7. The average molecular weight is 363 g/mol. The number of benzene rings is 2. The Morgan fingerprint density at radius 2 is 2.00 bits per heavy atom. The molecular weight excluding hydrogens is 345 g/mol. The third kappa shape index (κ3) is 2.84. The van der Waals surface area contributed by atoms with E-state index < -0.39 is 6.04 Å². The highest BCUT2D eigenvalue weighted by Crippen LogP contribution is 2.43. The minimum absolute atomic E-state index is 0.306. The summed E-state index contributed by atoms with van der Waals surface area (Å²) in [7, 11) is 1.73. The van der Waals surface area contributed by atoms with Crippen LogP contribution in [0, 0.1) is 19.7 Å². The molecule has 2 aromatic carbocycles. The summed E-state index contributed by atoms with van der Waals surface area (Å²) in [5, 5.41) is 16.0. The van der Waals surface area contributed by atoms with Gasteiger partial charge in [0.2, 0.25) is 5.82 Å². The Hall–Kier alpha value is -3.25. The Morgan fingerprint density at radius 1 is 1.26 bits per heavy atom. The third-order valence-electron chi connectivity index (χ3n) is 5.06. The van der Waals surface area contributed by atoms with Crippen LogP contribution in [-0.4, -0.2) is 20.2 Å². The summed E-state index contributed by atoms with van der Waals surface area (Å²) in [6.45, 7) is 4.05. The minimum Gasteiger partial charge on any atom is -0.207 e. The van der Waals surface area contributed by atoms with Crippen LogP contribution in [-0.2, 0) is 13.5 Å². The number of azide groups is 1. The van der Waals surface area contributed by atoms with Crippen molar-refractivity contribution >= 4 is 0 Å². The average Bonchev–Trinajstić information content (AvgIpc) is 3.24. The maximum atomic E-state index is 14.4. The Bertz CT molecular complexity index is 1070. The zero-order valence-corrected chi connectivity index (χ0v) is 15.3. The van der Waals surface area contributed by atoms with Gasteiger partial charge in [0.05, 0.1) is 13.1 Å². The van der Waals surface area contributed by atoms with Crippen LogP contribution in [0.3, 0.4) is 0 Å². The highest BCUT2D eigenvalue weighted by molar-refractivity contribution is 5.78. The molecule has 0 bridgehead atoms. The summed E-state index contributed by atoms with van der Waals surface area (Å²) in [5.41, 5.74) is 15.3. The van der Waals surface area contributed by atoms with E-state index >= 15 is 0 Å². The molecule has 1 aliphatic carbocycles. The predicted octanol–water partition coefficient (Wildman–Crippen LogP) is 4.60. The smallest absolute Gasteiger partial charge is 0.204 e. The quantitative estimate of drug-likeness (QED) is 0.387. The van der Waals surface area contributed by atoms with Gasteiger partial charge in [0.1, 0.15) is 5.82 Å². The molecule has 0 spiro atoms. The standard InChI is InChI=1S/C19H18FN7/c1-10-8-12(19-23-26-27(3)24-19)9-11(2)17(10)13-4-6-15(20)18-14(13)5-7-16(18)22-25-21/h4,6,8-9,16H,5,7H2,1-3H3/t16-/m1/s1. The van der Waals surface area contributed by atoms with Crippen molar-refractivity contribution in [2.24, 2.45) is 12.2 Å². The van der Waals surface area contributed by atoms with Crippen LogP contribution in [0.15, 0.2) is 29.4 Å². The largest absolute Gasteiger partial charge is 0.207 e. The van der Waals surface area contributed by atoms with Gasteiger partial charge in [0.15, 0.2) is 0 Å². The summed E-state index contributed by atoms with van der Waals surface area (Å²) in [5.74, 6) is 0.266. The van der Waals surface area contributed by atoms with Crippen molar-refractivity contribution in [3.63, 3.8) is 0 Å². The van der Waals surface area contributed by atoms with Crippen molar-refractivity contribution in [2.45, 2.75) is 32.7 Å². The second-order valence-corrected chi connectivity index (χ2v) is 6.83. The normalized spacial score (nSPS) is 15.5. The molecule has 3 aromatic rings. The molecule has 1 aliphatic rings. The molecule has 1 atom stereocenters. The van der Waals surface area contributed by atoms with Crippen LogP contribution >= 0.6 is 0 Å². The van der Waals surface area contributed by atoms with Gasteiger partial charge in [-0.15, -0.1) is 10.2 Å². The van der Waals surface area contributed by atoms with Crippen molar-refractivity contribution < 1.29 is 4.39 Å². The predicted molar refractivity (Wildman–Crippen MR) is 99.3 cm³/mol. The van der Waals surface area contributed by atoms with E-state index in [4.69, 9.17) is 5.53 Å². The van der Waals surface area contributed by atoms with E-state index in [1.165, 1.54) is 10.9 Å². The van der Waals surface area contributed by atoms with E-state index in [1.807, 2.05) is 32.0 Å². The molecule has 7 nitrogen and oxygen atoms in total. The van der Waals surface area contributed by atoms with Gasteiger partial charge >= 0.3 is 0 Å². The first kappa shape index (κ1) is 17.2. The molecule has 0 fully saturated rings. The lowest BCUT2D eigenvalue weighted by Crippen LogP contribution is -1.99. The summed E-state index contributed by atoms with van der Waals surface area (Å²) >= 11 is 0. The number of hydrogen-bond donors (Lipinski definition) is 0. The molecule has 1 aromatic heterocycles. The third-order valence-corrected chi connectivity index (χ3v) is 5.06. The molecule has 0 saturated heterocycles. The summed E-state index contributed by atoms with van der Waals surface area (Å²) < 4.78 is 14.4. The molecule has 0 radical (unpaired) electrons. The lowest BCUT2D eigenvalue weighted by Gasteiger charge is -2.16. The number of halogens is 1. The highest BCUT2D eigenvalue weighted by atomic mass is 19.1. The first-order valence-corrected chi connectivity index (χ1v) is 8.71. The molecule has 27 heavy (non-hydrogen) atoms. The monoisotopic (exact) mass is 363 g/mol. The fourth-order valence-corrected chi connectivity index (χ4v) is 4.02. The Labute approximate surface area is 155 Å². The summed E-state index contributed by atoms with van der Waals surface area (Å²) in [6, 6.07) is 6.90. The van der Waals surface area contributed by atoms with Crippen molar-refractivity contribution in [3.8, 4) is 22.5 Å². The molecule has 8 heteroatoms. The number of fused-ring (bicyclic) bond motifs is 1. The molecule has 1 heterocycles. The second-order valence-electron chi connectivity index (χ2n) is 6.83. The van der Waals surface area contributed by atoms with Crippen molar-refractivity contribution in [3.05, 3.63) is 62.8 Å². The number of hydrogen-bond acceptors (Lipinski definition) is 4. The molecule has 4 rings (SSSR count). The fourth-order valence-electron chi connectivity index (χ4n) is 4.02. The molecule has 0 saturated carbocycles. The van der Waals surface area contributed by atoms with Crippen molar-refractivity contribution in [2.75, 3.05) is 0 Å². The number of aryl methyl sites for hydroxylation is 3. The van der Waals surface area contributed by atoms with E-state index in [2.05, 4.69) is 25.4 Å². The molecule has 136 valence electrons. The zero-order valence-electron chi connectivity index (χ0n) is 15.3. The maximum Gasteiger partial charge on any atom is 0.204 e. The van der Waals surface area contributed by atoms with E-state index in [1.54, 1.807) is 7.05 Å². The molecule has 0 N–H and O–H groups in total. The summed E-state index contributed by atoms with van der Waals surface area (Å²) in [4.78, 5) is 4.31. The summed E-state index contributed by atoms with van der Waals surface area (Å²) in [6.07, 6.45) is 1.32. The van der Waals surface area contributed by atoms with Gasteiger partial charge in [-0.05, 0) is 83.4 Å². The van der Waals surface area contributed by atoms with E-state index in [9.17, 15) is 4.39 Å². The molecule has 0 aliphatic heterocycles. The van der Waals surface area contributed by atoms with Gasteiger partial charge in [-0.2, -0.15) is 4.80 Å². The lowest BCUT2D eigenvalue weighted by atomic mass is 9.89. The lowest BCUT2D eigenvalue weighted by molar-refractivity contribution is 0.588. The first-order valence-electron chi connectivity index (χ1n) is 8.71. The molecule has 0 amide bonds. The highest BCUT2D eigenvalue weighted by Gasteiger charge is 2.28. The van der Waals surface area contributed by atoms with Crippen LogP contribution in [0.4, 0.5) is 4.39 Å². The van der Waals surface area contributed by atoms with Gasteiger partial charge in [-0.1, -0.05) is 11.2 Å². The van der Waals surface area contributed by atoms with Crippen molar-refractivity contribution in [1.29, 1.82) is 0 Å². The van der Waals surface area contributed by atoms with Crippen LogP contribution in [0.1, 0.15) is 34.7 Å². The Kier molecular flexibility index (Phi) is 4.12. The SMILES string of the molecule is Cc1cc(-c2nnn(C)n2)cc(C)c1-c1ccc(F)c2c1CC[C@H]2N=[N+]=[N-]. The topological polar surface area (TPSA) is 92.4 Å². The van der Waals surface area contributed by atoms with Crippen LogP contribution < -0.4 is 0 Å². The van der Waals surface area contributed by atoms with Gasteiger partial charge < -0.3 is 0 Å². The van der Waals surface area contributed by atoms with Gasteiger partial charge in [-0.25, -0.2) is 4.39 Å². The van der Waals surface area contributed by atoms with Crippen LogP contribution in [0.5, 0.6) is 0 Å². The Balaban J connectivity index is 1.87. The second kappa shape index (κ2) is 6.48. The van der Waals surface area contributed by atoms with E-state index in [-0.39, 0.29) is 5.82 Å². The molecule has 0 unspecified atom stereocenters.